The van der Waals surface area contributed by atoms with Gasteiger partial charge < -0.3 is 4.74 Å². The molecular formula is C27H34N2O2S. The van der Waals surface area contributed by atoms with Crippen molar-refractivity contribution in [3.8, 4) is 16.9 Å². The maximum atomic E-state index is 12.8. The third-order valence-electron chi connectivity index (χ3n) is 5.44. The molecule has 5 heteroatoms. The Morgan fingerprint density at radius 3 is 2.38 bits per heavy atom. The molecule has 0 aromatic heterocycles. The molecule has 1 fully saturated rings. The molecule has 1 unspecified atom stereocenters. The minimum Gasteiger partial charge on any atom is -0.494 e. The van der Waals surface area contributed by atoms with Crippen molar-refractivity contribution in [1.29, 1.82) is 0 Å². The number of rotatable bonds is 11. The second-order valence-corrected chi connectivity index (χ2v) is 9.31. The van der Waals surface area contributed by atoms with E-state index in [9.17, 15) is 4.21 Å². The summed E-state index contributed by atoms with van der Waals surface area (Å²) in [6.07, 6.45) is 10.7. The van der Waals surface area contributed by atoms with E-state index in [0.29, 0.717) is 6.61 Å². The van der Waals surface area contributed by atoms with Crippen molar-refractivity contribution in [3.63, 3.8) is 0 Å². The van der Waals surface area contributed by atoms with Crippen molar-refractivity contribution in [2.45, 2.75) is 33.1 Å². The predicted octanol–water partition coefficient (Wildman–Crippen LogP) is 6.05. The third-order valence-corrected chi connectivity index (χ3v) is 7.01. The van der Waals surface area contributed by atoms with Crippen LogP contribution in [0.15, 0.2) is 85.1 Å². The van der Waals surface area contributed by atoms with Crippen molar-refractivity contribution in [3.05, 3.63) is 90.7 Å². The number of benzene rings is 2. The maximum absolute atomic E-state index is 12.8. The van der Waals surface area contributed by atoms with Gasteiger partial charge in [-0.25, -0.2) is 8.51 Å². The van der Waals surface area contributed by atoms with Crippen LogP contribution in [0.3, 0.4) is 0 Å². The Bertz CT molecular complexity index is 949. The van der Waals surface area contributed by atoms with Gasteiger partial charge in [-0.3, -0.25) is 4.31 Å². The number of aryl methyl sites for hydroxylation is 1. The van der Waals surface area contributed by atoms with Crippen LogP contribution >= 0.6 is 0 Å². The zero-order chi connectivity index (χ0) is 22.8. The van der Waals surface area contributed by atoms with Crippen molar-refractivity contribution in [1.82, 2.24) is 8.61 Å². The smallest absolute Gasteiger partial charge is 0.199 e. The van der Waals surface area contributed by atoms with E-state index in [0.717, 1.165) is 50.3 Å². The molecule has 0 aliphatic carbocycles. The molecule has 1 heterocycles. The van der Waals surface area contributed by atoms with Crippen molar-refractivity contribution >= 4 is 11.2 Å². The van der Waals surface area contributed by atoms with E-state index < -0.39 is 11.2 Å². The van der Waals surface area contributed by atoms with E-state index in [2.05, 4.69) is 49.9 Å². The Labute approximate surface area is 195 Å². The first-order valence-electron chi connectivity index (χ1n) is 11.3. The van der Waals surface area contributed by atoms with Gasteiger partial charge in [0.15, 0.2) is 11.2 Å². The number of nitrogens with zero attached hydrogens (tertiary/aromatic N) is 2. The maximum Gasteiger partial charge on any atom is 0.199 e. The molecule has 1 atom stereocenters. The standard InChI is InChI=1S/C27H34N2O2S/c1-4-9-26(10-5-2)29-21-20-28(32(29)30)19-7-6-8-22-31-27-17-15-25(16-18-27)24-13-11-23(3)12-14-24/h4-5,9-18H,1,6-8,19-22H2,2-3H3/b10-5-,26-9+. The van der Waals surface area contributed by atoms with E-state index in [-0.39, 0.29) is 0 Å². The average Bonchev–Trinajstić information content (AvgIpc) is 3.17. The molecular weight excluding hydrogens is 416 g/mol. The fourth-order valence-corrected chi connectivity index (χ4v) is 5.01. The highest BCUT2D eigenvalue weighted by atomic mass is 32.2. The molecule has 0 radical (unpaired) electrons. The molecule has 2 aromatic carbocycles. The fourth-order valence-electron chi connectivity index (χ4n) is 3.67. The zero-order valence-corrected chi connectivity index (χ0v) is 20.0. The highest BCUT2D eigenvalue weighted by Gasteiger charge is 2.28. The Balaban J connectivity index is 1.35. The molecule has 4 nitrogen and oxygen atoms in total. The predicted molar refractivity (Wildman–Crippen MR) is 135 cm³/mol. The van der Waals surface area contributed by atoms with E-state index in [1.807, 2.05) is 45.9 Å². The van der Waals surface area contributed by atoms with Crippen LogP contribution in [0.5, 0.6) is 5.75 Å². The van der Waals surface area contributed by atoms with Gasteiger partial charge in [0.1, 0.15) is 5.75 Å². The van der Waals surface area contributed by atoms with Crippen molar-refractivity contribution < 1.29 is 8.95 Å². The summed E-state index contributed by atoms with van der Waals surface area (Å²) in [6.45, 7) is 11.0. The summed E-state index contributed by atoms with van der Waals surface area (Å²) in [5.41, 5.74) is 4.64. The minimum atomic E-state index is -1.12. The van der Waals surface area contributed by atoms with Crippen molar-refractivity contribution in [2.24, 2.45) is 0 Å². The summed E-state index contributed by atoms with van der Waals surface area (Å²) in [4.78, 5) is 0. The molecule has 0 bridgehead atoms. The van der Waals surface area contributed by atoms with E-state index in [1.54, 1.807) is 6.08 Å². The number of hydrogen-bond acceptors (Lipinski definition) is 2. The van der Waals surface area contributed by atoms with Crippen LogP contribution in [-0.2, 0) is 11.2 Å². The lowest BCUT2D eigenvalue weighted by molar-refractivity contribution is 0.302. The number of hydrogen-bond donors (Lipinski definition) is 0. The van der Waals surface area contributed by atoms with Crippen LogP contribution in [0, 0.1) is 6.92 Å². The van der Waals surface area contributed by atoms with Gasteiger partial charge in [-0.05, 0) is 68.5 Å². The van der Waals surface area contributed by atoms with Crippen molar-refractivity contribution in [2.75, 3.05) is 26.2 Å². The first-order valence-corrected chi connectivity index (χ1v) is 12.4. The number of ether oxygens (including phenoxy) is 1. The molecule has 32 heavy (non-hydrogen) atoms. The second-order valence-electron chi connectivity index (χ2n) is 7.89. The monoisotopic (exact) mass is 450 g/mol. The summed E-state index contributed by atoms with van der Waals surface area (Å²) in [5, 5.41) is 0. The quantitative estimate of drug-likeness (QED) is 0.308. The van der Waals surface area contributed by atoms with Gasteiger partial charge in [0.05, 0.1) is 12.3 Å². The third kappa shape index (κ3) is 6.68. The minimum absolute atomic E-state index is 0.701. The Morgan fingerprint density at radius 1 is 1.03 bits per heavy atom. The molecule has 1 saturated heterocycles. The molecule has 0 spiro atoms. The van der Waals surface area contributed by atoms with Crippen LogP contribution in [0.1, 0.15) is 31.7 Å². The number of unbranched alkanes of at least 4 members (excludes halogenated alkanes) is 2. The lowest BCUT2D eigenvalue weighted by Crippen LogP contribution is -2.27. The first kappa shape index (κ1) is 24.0. The van der Waals surface area contributed by atoms with Crippen LogP contribution in [0.2, 0.25) is 0 Å². The van der Waals surface area contributed by atoms with Crippen LogP contribution < -0.4 is 4.74 Å². The summed E-state index contributed by atoms with van der Waals surface area (Å²) in [5.74, 6) is 0.905. The first-order chi connectivity index (χ1) is 15.6. The summed E-state index contributed by atoms with van der Waals surface area (Å²) in [6, 6.07) is 16.9. The van der Waals surface area contributed by atoms with Gasteiger partial charge in [0.25, 0.3) is 0 Å². The Hall–Kier alpha value is -2.63. The van der Waals surface area contributed by atoms with Gasteiger partial charge in [0.2, 0.25) is 0 Å². The van der Waals surface area contributed by atoms with Gasteiger partial charge in [-0.2, -0.15) is 0 Å². The molecule has 0 saturated carbocycles. The van der Waals surface area contributed by atoms with Gasteiger partial charge in [-0.1, -0.05) is 60.7 Å². The highest BCUT2D eigenvalue weighted by molar-refractivity contribution is 7.80. The van der Waals surface area contributed by atoms with Gasteiger partial charge >= 0.3 is 0 Å². The molecule has 0 amide bonds. The molecule has 3 rings (SSSR count). The fraction of sp³-hybridized carbons (Fsp3) is 0.333. The van der Waals surface area contributed by atoms with Gasteiger partial charge in [-0.15, -0.1) is 0 Å². The SMILES string of the molecule is C=C/C=C(\C=C/C)N1CCN(CCCCCOc2ccc(-c3ccc(C)cc3)cc2)S1=O. The summed E-state index contributed by atoms with van der Waals surface area (Å²) in [7, 11) is 0. The molecule has 2 aromatic rings. The largest absolute Gasteiger partial charge is 0.494 e. The Kier molecular flexibility index (Phi) is 9.32. The Morgan fingerprint density at radius 2 is 1.72 bits per heavy atom. The molecule has 170 valence electrons. The number of allylic oxidation sites excluding steroid dienone is 4. The van der Waals surface area contributed by atoms with E-state index in [1.165, 1.54) is 16.7 Å². The summed E-state index contributed by atoms with van der Waals surface area (Å²) >= 11 is -1.12. The second kappa shape index (κ2) is 12.4. The topological polar surface area (TPSA) is 32.8 Å². The van der Waals surface area contributed by atoms with E-state index in [4.69, 9.17) is 4.74 Å². The van der Waals surface area contributed by atoms with Crippen LogP contribution in [-0.4, -0.2) is 39.1 Å². The molecule has 0 N–H and O–H groups in total. The summed E-state index contributed by atoms with van der Waals surface area (Å²) < 4.78 is 22.7. The van der Waals surface area contributed by atoms with Crippen LogP contribution in [0.25, 0.3) is 11.1 Å². The van der Waals surface area contributed by atoms with Crippen LogP contribution in [0.4, 0.5) is 0 Å². The lowest BCUT2D eigenvalue weighted by atomic mass is 10.0. The molecule has 1 aliphatic rings. The highest BCUT2D eigenvalue weighted by Crippen LogP contribution is 2.23. The normalized spacial score (nSPS) is 17.2. The van der Waals surface area contributed by atoms with Gasteiger partial charge in [0, 0.05) is 19.6 Å². The zero-order valence-electron chi connectivity index (χ0n) is 19.2. The van der Waals surface area contributed by atoms with E-state index >= 15 is 0 Å². The average molecular weight is 451 g/mol. The molecule has 1 aliphatic heterocycles. The lowest BCUT2D eigenvalue weighted by Gasteiger charge is -2.19.